The number of dihydropyridines is 1. The zero-order valence-corrected chi connectivity index (χ0v) is 21.8. The molecule has 5 heteroatoms. The Bertz CT molecular complexity index is 1350. The summed E-state index contributed by atoms with van der Waals surface area (Å²) in [5, 5.41) is 12.6. The van der Waals surface area contributed by atoms with Gasteiger partial charge >= 0.3 is 5.97 Å². The van der Waals surface area contributed by atoms with Gasteiger partial charge in [0.05, 0.1) is 23.7 Å². The largest absolute Gasteiger partial charge is 0.497 e. The molecule has 1 saturated heterocycles. The zero-order valence-electron chi connectivity index (χ0n) is 21.8. The number of benzene rings is 2. The van der Waals surface area contributed by atoms with Crippen LogP contribution in [0.25, 0.3) is 16.3 Å². The summed E-state index contributed by atoms with van der Waals surface area (Å²) in [6.45, 7) is 10.8. The van der Waals surface area contributed by atoms with Crippen molar-refractivity contribution in [1.82, 2.24) is 0 Å². The van der Waals surface area contributed by atoms with Gasteiger partial charge in [-0.2, -0.15) is 0 Å². The number of aryl methyl sites for hydroxylation is 1. The van der Waals surface area contributed by atoms with Gasteiger partial charge in [-0.1, -0.05) is 55.3 Å². The van der Waals surface area contributed by atoms with Crippen LogP contribution in [-0.2, 0) is 14.3 Å². The molecular formula is C31H35NO4. The zero-order chi connectivity index (χ0) is 25.7. The first-order chi connectivity index (χ1) is 17.2. The predicted molar refractivity (Wildman–Crippen MR) is 144 cm³/mol. The lowest BCUT2D eigenvalue weighted by atomic mass is 9.66. The molecule has 0 amide bonds. The minimum atomic E-state index is -1.11. The summed E-state index contributed by atoms with van der Waals surface area (Å²) < 4.78 is 12.5. The van der Waals surface area contributed by atoms with E-state index in [-0.39, 0.29) is 5.92 Å². The Morgan fingerprint density at radius 1 is 1.28 bits per heavy atom. The quantitative estimate of drug-likeness (QED) is 0.460. The molecule has 3 aliphatic rings. The average molecular weight is 486 g/mol. The topological polar surface area (TPSA) is 68.1 Å². The monoisotopic (exact) mass is 485 g/mol. The minimum Gasteiger partial charge on any atom is -0.497 e. The van der Waals surface area contributed by atoms with Crippen molar-refractivity contribution in [3.05, 3.63) is 76.6 Å². The van der Waals surface area contributed by atoms with Crippen LogP contribution in [0.5, 0.6) is 0 Å². The number of aliphatic carboxylic acids is 1. The van der Waals surface area contributed by atoms with Gasteiger partial charge in [0.1, 0.15) is 5.76 Å². The van der Waals surface area contributed by atoms with Gasteiger partial charge in [-0.25, -0.2) is 4.79 Å². The molecule has 0 radical (unpaired) electrons. The van der Waals surface area contributed by atoms with E-state index in [4.69, 9.17) is 14.5 Å². The summed E-state index contributed by atoms with van der Waals surface area (Å²) in [6, 6.07) is 10.3. The number of ether oxygens (including phenoxy) is 2. The number of carboxylic acids is 1. The lowest BCUT2D eigenvalue weighted by Gasteiger charge is -2.45. The van der Waals surface area contributed by atoms with Gasteiger partial charge < -0.3 is 14.6 Å². The molecule has 2 heterocycles. The third-order valence-corrected chi connectivity index (χ3v) is 7.81. The molecule has 0 saturated carbocycles. The minimum absolute atomic E-state index is 0.00380. The molecule has 188 valence electrons. The highest BCUT2D eigenvalue weighted by Crippen LogP contribution is 2.53. The maximum atomic E-state index is 12.8. The molecule has 2 aliphatic heterocycles. The number of aliphatic imine (C=N–C) groups is 1. The molecule has 36 heavy (non-hydrogen) atoms. The second-order valence-corrected chi connectivity index (χ2v) is 10.9. The Morgan fingerprint density at radius 3 is 2.81 bits per heavy atom. The van der Waals surface area contributed by atoms with Crippen molar-refractivity contribution in [1.29, 1.82) is 0 Å². The first-order valence-electron chi connectivity index (χ1n) is 12.9. The average Bonchev–Trinajstić information content (AvgIpc) is 2.82. The number of nitrogens with zero attached hydrogens (tertiary/aromatic N) is 1. The van der Waals surface area contributed by atoms with E-state index in [0.29, 0.717) is 12.2 Å². The second-order valence-electron chi connectivity index (χ2n) is 10.9. The summed E-state index contributed by atoms with van der Waals surface area (Å²) in [7, 11) is 0. The molecule has 3 atom stereocenters. The van der Waals surface area contributed by atoms with Crippen molar-refractivity contribution >= 4 is 28.5 Å². The number of carboxylic acid groups (broad SMARTS) is 1. The van der Waals surface area contributed by atoms with E-state index < -0.39 is 23.2 Å². The number of allylic oxidation sites excluding steroid dienone is 3. The molecule has 2 aromatic carbocycles. The normalized spacial score (nSPS) is 23.8. The van der Waals surface area contributed by atoms with Gasteiger partial charge in [0, 0.05) is 18.2 Å². The van der Waals surface area contributed by atoms with E-state index in [1.165, 1.54) is 5.57 Å². The Hall–Kier alpha value is -3.18. The molecule has 0 aromatic heterocycles. The van der Waals surface area contributed by atoms with Crippen LogP contribution in [0, 0.1) is 12.8 Å². The van der Waals surface area contributed by atoms with Crippen LogP contribution < -0.4 is 0 Å². The summed E-state index contributed by atoms with van der Waals surface area (Å²) in [5.74, 6) is -0.0429. The van der Waals surface area contributed by atoms with Crippen molar-refractivity contribution in [2.75, 3.05) is 6.61 Å². The number of fused-ring (bicyclic) bond motifs is 1. The first-order valence-corrected chi connectivity index (χ1v) is 12.9. The molecule has 0 bridgehead atoms. The van der Waals surface area contributed by atoms with Crippen LogP contribution in [0.2, 0.25) is 0 Å². The third-order valence-electron chi connectivity index (χ3n) is 7.81. The number of rotatable bonds is 7. The van der Waals surface area contributed by atoms with E-state index in [0.717, 1.165) is 52.5 Å². The van der Waals surface area contributed by atoms with Gasteiger partial charge in [0.2, 0.25) is 0 Å². The Balaban J connectivity index is 1.79. The number of carbonyl (C=O) groups is 1. The van der Waals surface area contributed by atoms with Crippen LogP contribution in [0.3, 0.4) is 0 Å². The molecule has 1 aliphatic carbocycles. The molecule has 0 spiro atoms. The molecule has 5 rings (SSSR count). The van der Waals surface area contributed by atoms with Crippen LogP contribution in [0.4, 0.5) is 0 Å². The fraction of sp³-hybridized carbons (Fsp3) is 0.419. The maximum absolute atomic E-state index is 12.8. The van der Waals surface area contributed by atoms with E-state index in [2.05, 4.69) is 44.2 Å². The summed E-state index contributed by atoms with van der Waals surface area (Å²) in [4.78, 5) is 17.8. The van der Waals surface area contributed by atoms with E-state index in [1.54, 1.807) is 0 Å². The summed E-state index contributed by atoms with van der Waals surface area (Å²) in [6.07, 6.45) is 9.58. The summed E-state index contributed by atoms with van der Waals surface area (Å²) >= 11 is 0. The molecular weight excluding hydrogens is 450 g/mol. The van der Waals surface area contributed by atoms with Gasteiger partial charge in [-0.05, 0) is 73.7 Å². The molecule has 5 nitrogen and oxygen atoms in total. The smallest absolute Gasteiger partial charge is 0.337 e. The third kappa shape index (κ3) is 4.00. The van der Waals surface area contributed by atoms with Crippen LogP contribution in [0.15, 0.2) is 64.9 Å². The molecule has 2 aromatic rings. The first kappa shape index (κ1) is 24.5. The van der Waals surface area contributed by atoms with E-state index in [1.807, 2.05) is 45.2 Å². The fourth-order valence-electron chi connectivity index (χ4n) is 6.26. The molecule has 1 fully saturated rings. The predicted octanol–water partition coefficient (Wildman–Crippen LogP) is 6.96. The van der Waals surface area contributed by atoms with Crippen molar-refractivity contribution in [2.45, 2.75) is 71.1 Å². The fourth-order valence-corrected chi connectivity index (χ4v) is 6.26. The van der Waals surface area contributed by atoms with E-state index >= 15 is 0 Å². The number of hydrogen-bond acceptors (Lipinski definition) is 4. The van der Waals surface area contributed by atoms with Gasteiger partial charge in [-0.3, -0.25) is 4.99 Å². The summed E-state index contributed by atoms with van der Waals surface area (Å²) in [5.41, 5.74) is 3.64. The molecule has 3 unspecified atom stereocenters. The van der Waals surface area contributed by atoms with E-state index in [9.17, 15) is 9.90 Å². The van der Waals surface area contributed by atoms with Crippen molar-refractivity contribution in [3.63, 3.8) is 0 Å². The highest BCUT2D eigenvalue weighted by Gasteiger charge is 2.48. The van der Waals surface area contributed by atoms with Crippen molar-refractivity contribution in [2.24, 2.45) is 10.9 Å². The van der Waals surface area contributed by atoms with Crippen LogP contribution in [0.1, 0.15) is 69.8 Å². The number of hydrogen-bond donors (Lipinski definition) is 1. The lowest BCUT2D eigenvalue weighted by molar-refractivity contribution is -0.163. The van der Waals surface area contributed by atoms with Crippen LogP contribution in [-0.4, -0.2) is 35.0 Å². The Labute approximate surface area is 213 Å². The van der Waals surface area contributed by atoms with Crippen molar-refractivity contribution < 1.29 is 19.4 Å². The highest BCUT2D eigenvalue weighted by molar-refractivity contribution is 6.01. The van der Waals surface area contributed by atoms with Gasteiger partial charge in [-0.15, -0.1) is 0 Å². The lowest BCUT2D eigenvalue weighted by Crippen LogP contribution is -2.43. The van der Waals surface area contributed by atoms with Gasteiger partial charge in [0.15, 0.2) is 6.10 Å². The van der Waals surface area contributed by atoms with Gasteiger partial charge in [0.25, 0.3) is 0 Å². The second kappa shape index (κ2) is 9.04. The Kier molecular flexibility index (Phi) is 6.16. The standard InChI is InChI=1S/C31H35NO4/c1-6-15-30(3,4)36-28(29(33)34)25-19(2)18-21-9-7-8-10-22(21)26(25)23-11-12-24-27-20(14-17-35-24)13-16-32-31(23,27)5/h7-13,16,18,27-28H,6,14-15,17H2,1-5H3,(H,33,34). The van der Waals surface area contributed by atoms with Crippen LogP contribution >= 0.6 is 0 Å². The molecule has 1 N–H and O–H groups in total. The maximum Gasteiger partial charge on any atom is 0.337 e. The SMILES string of the molecule is CCCC(C)(C)OC(C(=O)O)c1c(C)cc2ccccc2c1C1=CC=C2OCCC3=CC=NC1(C)C32. The Morgan fingerprint density at radius 2 is 2.06 bits per heavy atom. The van der Waals surface area contributed by atoms with Crippen molar-refractivity contribution in [3.8, 4) is 0 Å². The highest BCUT2D eigenvalue weighted by atomic mass is 16.5.